The number of benzene rings is 2. The molecule has 3 N–H and O–H groups in total. The first kappa shape index (κ1) is 30.3. The Hall–Kier alpha value is -4.63. The molecule has 0 unspecified atom stereocenters. The molecule has 0 radical (unpaired) electrons. The predicted octanol–water partition coefficient (Wildman–Crippen LogP) is 4.14. The smallest absolute Gasteiger partial charge is 0.475 e. The second-order valence-corrected chi connectivity index (χ2v) is 9.03. The number of nitrogens with zero attached hydrogens (tertiary/aromatic N) is 4. The van der Waals surface area contributed by atoms with Crippen LogP contribution >= 0.6 is 0 Å². The van der Waals surface area contributed by atoms with Crippen LogP contribution in [0.25, 0.3) is 16.7 Å². The van der Waals surface area contributed by atoms with Crippen LogP contribution in [0.1, 0.15) is 10.4 Å². The lowest BCUT2D eigenvalue weighted by Crippen LogP contribution is -2.41. The van der Waals surface area contributed by atoms with Gasteiger partial charge in [0.05, 0.1) is 24.9 Å². The lowest BCUT2D eigenvalue weighted by atomic mass is 10.2. The minimum atomic E-state index is -5.08. The number of fused-ring (bicyclic) bond motifs is 1. The van der Waals surface area contributed by atoms with Gasteiger partial charge >= 0.3 is 12.1 Å². The Bertz CT molecular complexity index is 1540. The van der Waals surface area contributed by atoms with Crippen LogP contribution in [0, 0.1) is 11.6 Å². The first-order chi connectivity index (χ1) is 20.0. The molecule has 15 heteroatoms. The van der Waals surface area contributed by atoms with Gasteiger partial charge in [-0.3, -0.25) is 9.69 Å². The summed E-state index contributed by atoms with van der Waals surface area (Å²) in [6.07, 6.45) is -1.84. The third kappa shape index (κ3) is 8.20. The number of halogens is 5. The summed E-state index contributed by atoms with van der Waals surface area (Å²) in [6, 6.07) is 12.1. The highest BCUT2D eigenvalue weighted by Crippen LogP contribution is 2.25. The molecule has 1 fully saturated rings. The minimum Gasteiger partial charge on any atom is -0.475 e. The van der Waals surface area contributed by atoms with Crippen LogP contribution in [0.3, 0.4) is 0 Å². The summed E-state index contributed by atoms with van der Waals surface area (Å²) in [5, 5.41) is 18.3. The number of anilines is 2. The van der Waals surface area contributed by atoms with Gasteiger partial charge in [-0.25, -0.2) is 23.2 Å². The lowest BCUT2D eigenvalue weighted by molar-refractivity contribution is -0.192. The van der Waals surface area contributed by atoms with Gasteiger partial charge in [-0.05, 0) is 42.5 Å². The van der Waals surface area contributed by atoms with Crippen molar-refractivity contribution in [2.24, 2.45) is 0 Å². The van der Waals surface area contributed by atoms with E-state index in [4.69, 9.17) is 14.6 Å². The zero-order valence-electron chi connectivity index (χ0n) is 21.9. The SMILES string of the molecule is O=C(NCCN1CCOCC1)c1ccnc(-n2ncc3cc(Nc4cc(F)cc(F)c4)ccc32)c1.O=C(O)C(F)(F)F. The average Bonchev–Trinajstić information content (AvgIpc) is 3.36. The molecule has 0 aliphatic carbocycles. The van der Waals surface area contributed by atoms with Crippen molar-refractivity contribution in [3.63, 3.8) is 0 Å². The van der Waals surface area contributed by atoms with E-state index >= 15 is 0 Å². The molecular weight excluding hydrogens is 567 g/mol. The number of ether oxygens (including phenoxy) is 1. The van der Waals surface area contributed by atoms with E-state index in [1.54, 1.807) is 35.3 Å². The number of carboxylic acid groups (broad SMARTS) is 1. The van der Waals surface area contributed by atoms with Crippen LogP contribution in [-0.2, 0) is 9.53 Å². The minimum absolute atomic E-state index is 0.174. The summed E-state index contributed by atoms with van der Waals surface area (Å²) >= 11 is 0. The molecule has 5 rings (SSSR count). The Morgan fingerprint density at radius 1 is 0.976 bits per heavy atom. The molecule has 42 heavy (non-hydrogen) atoms. The van der Waals surface area contributed by atoms with Crippen molar-refractivity contribution in [3.8, 4) is 5.82 Å². The molecule has 2 aromatic heterocycles. The summed E-state index contributed by atoms with van der Waals surface area (Å²) in [6.45, 7) is 4.51. The number of morpholine rings is 1. The topological polar surface area (TPSA) is 122 Å². The van der Waals surface area contributed by atoms with Gasteiger partial charge in [0.25, 0.3) is 5.91 Å². The number of carbonyl (C=O) groups is 2. The number of amides is 1. The lowest BCUT2D eigenvalue weighted by Gasteiger charge is -2.26. The molecule has 1 amide bonds. The molecule has 1 aliphatic rings. The number of hydrogen-bond donors (Lipinski definition) is 3. The zero-order chi connectivity index (χ0) is 30.3. The van der Waals surface area contributed by atoms with Crippen LogP contribution in [0.2, 0.25) is 0 Å². The molecule has 2 aromatic carbocycles. The van der Waals surface area contributed by atoms with Gasteiger partial charge in [-0.1, -0.05) is 0 Å². The monoisotopic (exact) mass is 592 g/mol. The zero-order valence-corrected chi connectivity index (χ0v) is 21.9. The van der Waals surface area contributed by atoms with E-state index < -0.39 is 23.8 Å². The number of carboxylic acids is 1. The fourth-order valence-corrected chi connectivity index (χ4v) is 4.02. The van der Waals surface area contributed by atoms with E-state index in [9.17, 15) is 26.7 Å². The fourth-order valence-electron chi connectivity index (χ4n) is 4.02. The van der Waals surface area contributed by atoms with Crippen LogP contribution in [0.5, 0.6) is 0 Å². The molecule has 0 saturated carbocycles. The number of carbonyl (C=O) groups excluding carboxylic acids is 1. The fraction of sp³-hybridized carbons (Fsp3) is 0.259. The largest absolute Gasteiger partial charge is 0.490 e. The highest BCUT2D eigenvalue weighted by Gasteiger charge is 2.38. The van der Waals surface area contributed by atoms with Crippen molar-refractivity contribution in [2.45, 2.75) is 6.18 Å². The molecule has 222 valence electrons. The van der Waals surface area contributed by atoms with Crippen molar-refractivity contribution >= 4 is 34.2 Å². The molecule has 1 aliphatic heterocycles. The third-order valence-corrected chi connectivity index (χ3v) is 6.00. The van der Waals surface area contributed by atoms with Gasteiger partial charge in [0.1, 0.15) is 11.6 Å². The Kier molecular flexibility index (Phi) is 9.64. The Balaban J connectivity index is 0.000000517. The molecule has 10 nitrogen and oxygen atoms in total. The van der Waals surface area contributed by atoms with Crippen molar-refractivity contribution in [3.05, 3.63) is 78.1 Å². The highest BCUT2D eigenvalue weighted by atomic mass is 19.4. The van der Waals surface area contributed by atoms with Gasteiger partial charge < -0.3 is 20.5 Å². The van der Waals surface area contributed by atoms with E-state index in [1.807, 2.05) is 12.1 Å². The van der Waals surface area contributed by atoms with Crippen LogP contribution in [0.15, 0.2) is 60.9 Å². The van der Waals surface area contributed by atoms with Gasteiger partial charge in [0, 0.05) is 60.8 Å². The summed E-state index contributed by atoms with van der Waals surface area (Å²) in [5.41, 5.74) is 2.23. The van der Waals surface area contributed by atoms with Crippen molar-refractivity contribution in [2.75, 3.05) is 44.7 Å². The number of rotatable bonds is 7. The number of alkyl halides is 3. The maximum atomic E-state index is 13.5. The molecule has 0 atom stereocenters. The van der Waals surface area contributed by atoms with Gasteiger partial charge in [-0.15, -0.1) is 0 Å². The summed E-state index contributed by atoms with van der Waals surface area (Å²) in [7, 11) is 0. The quantitative estimate of drug-likeness (QED) is 0.274. The maximum absolute atomic E-state index is 13.5. The first-order valence-electron chi connectivity index (χ1n) is 12.6. The standard InChI is InChI=1S/C25H24F2N6O2.C2HF3O2/c26-19-13-20(27)15-22(14-19)31-21-1-2-23-18(11-21)16-30-33(23)24-12-17(3-4-28-24)25(34)29-5-6-32-7-9-35-10-8-32;3-2(4,5)1(6)7/h1-4,11-16,31H,5-10H2,(H,29,34);(H,6,7). The van der Waals surface area contributed by atoms with Gasteiger partial charge in [-0.2, -0.15) is 18.3 Å². The molecule has 1 saturated heterocycles. The average molecular weight is 593 g/mol. The molecule has 0 bridgehead atoms. The Labute approximate surface area is 235 Å². The summed E-state index contributed by atoms with van der Waals surface area (Å²) in [4.78, 5) is 28.2. The van der Waals surface area contributed by atoms with Crippen molar-refractivity contribution in [1.29, 1.82) is 0 Å². The highest BCUT2D eigenvalue weighted by molar-refractivity contribution is 5.94. The van der Waals surface area contributed by atoms with E-state index in [0.29, 0.717) is 29.3 Å². The van der Waals surface area contributed by atoms with Gasteiger partial charge in [0.2, 0.25) is 0 Å². The summed E-state index contributed by atoms with van der Waals surface area (Å²) in [5.74, 6) is -3.73. The van der Waals surface area contributed by atoms with Crippen LogP contribution in [0.4, 0.5) is 33.3 Å². The Morgan fingerprint density at radius 2 is 1.67 bits per heavy atom. The van der Waals surface area contributed by atoms with E-state index in [-0.39, 0.29) is 5.91 Å². The van der Waals surface area contributed by atoms with Gasteiger partial charge in [0.15, 0.2) is 5.82 Å². The normalized spacial score (nSPS) is 13.7. The van der Waals surface area contributed by atoms with E-state index in [0.717, 1.165) is 49.8 Å². The van der Waals surface area contributed by atoms with Crippen molar-refractivity contribution in [1.82, 2.24) is 25.0 Å². The van der Waals surface area contributed by atoms with E-state index in [1.165, 1.54) is 12.1 Å². The number of aliphatic carboxylic acids is 1. The predicted molar refractivity (Wildman–Crippen MR) is 142 cm³/mol. The second-order valence-electron chi connectivity index (χ2n) is 9.03. The first-order valence-corrected chi connectivity index (χ1v) is 12.6. The van der Waals surface area contributed by atoms with E-state index in [2.05, 4.69) is 25.6 Å². The van der Waals surface area contributed by atoms with Crippen LogP contribution < -0.4 is 10.6 Å². The third-order valence-electron chi connectivity index (χ3n) is 6.00. The second kappa shape index (κ2) is 13.4. The van der Waals surface area contributed by atoms with Crippen LogP contribution in [-0.4, -0.2) is 82.2 Å². The summed E-state index contributed by atoms with van der Waals surface area (Å²) < 4.78 is 65.7. The van der Waals surface area contributed by atoms with Crippen molar-refractivity contribution < 1.29 is 41.4 Å². The molecule has 4 aromatic rings. The molecule has 0 spiro atoms. The molecule has 3 heterocycles. The molecular formula is C27H25F5N6O4. The maximum Gasteiger partial charge on any atom is 0.490 e. The number of hydrogen-bond acceptors (Lipinski definition) is 7. The number of aromatic nitrogens is 3. The number of pyridine rings is 1. The Morgan fingerprint density at radius 3 is 2.33 bits per heavy atom. The number of nitrogens with one attached hydrogen (secondary N) is 2.